The van der Waals surface area contributed by atoms with E-state index in [2.05, 4.69) is 25.4 Å². The molecule has 1 aliphatic rings. The molecule has 1 aromatic rings. The van der Waals surface area contributed by atoms with E-state index in [1.165, 1.54) is 18.2 Å². The highest BCUT2D eigenvalue weighted by molar-refractivity contribution is 7.91. The molecule has 1 aliphatic heterocycles. The highest BCUT2D eigenvalue weighted by atomic mass is 32.2. The quantitative estimate of drug-likeness (QED) is 0.436. The second-order valence-corrected chi connectivity index (χ2v) is 8.25. The minimum Gasteiger partial charge on any atom is -0.387 e. The molecule has 1 amide bonds. The van der Waals surface area contributed by atoms with Gasteiger partial charge in [0.2, 0.25) is 0 Å². The summed E-state index contributed by atoms with van der Waals surface area (Å²) in [6, 6.07) is 4.28. The number of hydrogen-bond acceptors (Lipinski definition) is 6. The number of azide groups is 2. The summed E-state index contributed by atoms with van der Waals surface area (Å²) in [6.07, 6.45) is 0.602. The smallest absolute Gasteiger partial charge is 0.251 e. The first kappa shape index (κ1) is 19.5. The molecule has 26 heavy (non-hydrogen) atoms. The summed E-state index contributed by atoms with van der Waals surface area (Å²) in [5.74, 6) is -0.944. The van der Waals surface area contributed by atoms with E-state index in [9.17, 15) is 18.3 Å². The standard InChI is InChI=1S/C14H17N7O4S/c15-20-18-7-10-4-11(6-12(5-10)19-21-16)13(22)17-8-14(23)2-1-3-26(24,25)9-14/h4-6,23H,1-3,7-9H2,(H,17,22). The van der Waals surface area contributed by atoms with Crippen LogP contribution in [0.4, 0.5) is 5.69 Å². The van der Waals surface area contributed by atoms with Crippen LogP contribution >= 0.6 is 0 Å². The highest BCUT2D eigenvalue weighted by Gasteiger charge is 2.37. The third-order valence-corrected chi connectivity index (χ3v) is 5.77. The van der Waals surface area contributed by atoms with Gasteiger partial charge in [-0.25, -0.2) is 8.42 Å². The van der Waals surface area contributed by atoms with Crippen molar-refractivity contribution < 1.29 is 18.3 Å². The van der Waals surface area contributed by atoms with Gasteiger partial charge in [0.05, 0.1) is 23.7 Å². The summed E-state index contributed by atoms with van der Waals surface area (Å²) in [5.41, 5.74) is 16.2. The Morgan fingerprint density at radius 1 is 1.31 bits per heavy atom. The Morgan fingerprint density at radius 3 is 2.73 bits per heavy atom. The van der Waals surface area contributed by atoms with Crippen molar-refractivity contribution >= 4 is 21.4 Å². The van der Waals surface area contributed by atoms with Gasteiger partial charge in [-0.1, -0.05) is 10.2 Å². The summed E-state index contributed by atoms with van der Waals surface area (Å²) in [4.78, 5) is 17.7. The fourth-order valence-corrected chi connectivity index (χ4v) is 4.57. The Bertz CT molecular complexity index is 904. The van der Waals surface area contributed by atoms with Crippen LogP contribution in [0.15, 0.2) is 28.4 Å². The van der Waals surface area contributed by atoms with Gasteiger partial charge in [-0.15, -0.1) is 0 Å². The van der Waals surface area contributed by atoms with E-state index in [4.69, 9.17) is 11.1 Å². The van der Waals surface area contributed by atoms with Crippen molar-refractivity contribution in [2.75, 3.05) is 18.1 Å². The first-order valence-electron chi connectivity index (χ1n) is 7.68. The summed E-state index contributed by atoms with van der Waals surface area (Å²) in [5, 5.41) is 19.7. The van der Waals surface area contributed by atoms with Crippen molar-refractivity contribution in [3.8, 4) is 0 Å². The minimum atomic E-state index is -3.34. The number of aliphatic hydroxyl groups is 1. The molecule has 1 fully saturated rings. The molecule has 1 aromatic carbocycles. The molecule has 0 bridgehead atoms. The lowest BCUT2D eigenvalue weighted by Gasteiger charge is -2.31. The number of nitrogens with zero attached hydrogens (tertiary/aromatic N) is 6. The molecule has 0 aromatic heterocycles. The Labute approximate surface area is 149 Å². The van der Waals surface area contributed by atoms with Gasteiger partial charge in [0.25, 0.3) is 5.91 Å². The minimum absolute atomic E-state index is 0.0280. The number of carbonyl (C=O) groups excluding carboxylic acids is 1. The average molecular weight is 379 g/mol. The molecule has 2 rings (SSSR count). The van der Waals surface area contributed by atoms with Crippen LogP contribution < -0.4 is 5.32 Å². The van der Waals surface area contributed by atoms with Gasteiger partial charge in [0.1, 0.15) is 0 Å². The van der Waals surface area contributed by atoms with Crippen LogP contribution in [0.25, 0.3) is 20.9 Å². The first-order chi connectivity index (χ1) is 12.3. The van der Waals surface area contributed by atoms with E-state index in [1.807, 2.05) is 0 Å². The third kappa shape index (κ3) is 5.36. The maximum atomic E-state index is 12.4. The van der Waals surface area contributed by atoms with E-state index < -0.39 is 27.1 Å². The largest absolute Gasteiger partial charge is 0.387 e. The lowest BCUT2D eigenvalue weighted by Crippen LogP contribution is -2.50. The van der Waals surface area contributed by atoms with Gasteiger partial charge in [0.15, 0.2) is 9.84 Å². The van der Waals surface area contributed by atoms with Crippen LogP contribution in [0.3, 0.4) is 0 Å². The number of nitrogens with one attached hydrogen (secondary N) is 1. The molecule has 1 unspecified atom stereocenters. The molecule has 11 nitrogen and oxygen atoms in total. The third-order valence-electron chi connectivity index (χ3n) is 3.88. The zero-order valence-corrected chi connectivity index (χ0v) is 14.6. The van der Waals surface area contributed by atoms with Crippen LogP contribution in [0.1, 0.15) is 28.8 Å². The lowest BCUT2D eigenvalue weighted by atomic mass is 9.99. The fraction of sp³-hybridized carbons (Fsp3) is 0.500. The van der Waals surface area contributed by atoms with Gasteiger partial charge < -0.3 is 10.4 Å². The predicted octanol–water partition coefficient (Wildman–Crippen LogP) is 2.11. The molecular formula is C14H17N7O4S. The molecule has 1 heterocycles. The van der Waals surface area contributed by atoms with Gasteiger partial charge in [-0.05, 0) is 47.7 Å². The first-order valence-corrected chi connectivity index (χ1v) is 9.50. The molecule has 2 N–H and O–H groups in total. The lowest BCUT2D eigenvalue weighted by molar-refractivity contribution is 0.0467. The van der Waals surface area contributed by atoms with Crippen molar-refractivity contribution in [1.82, 2.24) is 5.32 Å². The monoisotopic (exact) mass is 379 g/mol. The predicted molar refractivity (Wildman–Crippen MR) is 93.3 cm³/mol. The molecule has 1 atom stereocenters. The number of carbonyl (C=O) groups is 1. The summed E-state index contributed by atoms with van der Waals surface area (Å²) < 4.78 is 23.4. The van der Waals surface area contributed by atoms with E-state index in [0.717, 1.165) is 0 Å². The van der Waals surface area contributed by atoms with Crippen molar-refractivity contribution in [3.63, 3.8) is 0 Å². The molecule has 0 spiro atoms. The van der Waals surface area contributed by atoms with E-state index in [-0.39, 0.29) is 36.5 Å². The molecule has 1 saturated heterocycles. The second kappa shape index (κ2) is 8.07. The van der Waals surface area contributed by atoms with Crippen LogP contribution in [0.5, 0.6) is 0 Å². The van der Waals surface area contributed by atoms with Crippen molar-refractivity contribution in [2.45, 2.75) is 25.0 Å². The van der Waals surface area contributed by atoms with Crippen LogP contribution in [0, 0.1) is 0 Å². The molecule has 0 aliphatic carbocycles. The molecular weight excluding hydrogens is 362 g/mol. The number of benzene rings is 1. The average Bonchev–Trinajstić information content (AvgIpc) is 2.57. The van der Waals surface area contributed by atoms with Crippen molar-refractivity contribution in [3.05, 3.63) is 50.2 Å². The Kier molecular flexibility index (Phi) is 6.06. The van der Waals surface area contributed by atoms with Gasteiger partial charge in [-0.3, -0.25) is 4.79 Å². The second-order valence-electron chi connectivity index (χ2n) is 6.07. The van der Waals surface area contributed by atoms with Crippen molar-refractivity contribution in [2.24, 2.45) is 10.2 Å². The number of rotatable bonds is 6. The maximum absolute atomic E-state index is 12.4. The van der Waals surface area contributed by atoms with E-state index >= 15 is 0 Å². The van der Waals surface area contributed by atoms with Gasteiger partial charge in [0, 0.05) is 27.6 Å². The Balaban J connectivity index is 2.16. The maximum Gasteiger partial charge on any atom is 0.251 e. The normalized spacial score (nSPS) is 21.1. The highest BCUT2D eigenvalue weighted by Crippen LogP contribution is 2.23. The SMILES string of the molecule is [N-]=[N+]=NCc1cc(N=[N+]=[N-])cc(C(=O)NCC2(O)CCCS(=O)(=O)C2)c1. The Hall–Kier alpha value is -2.78. The fourth-order valence-electron chi connectivity index (χ4n) is 2.78. The molecule has 12 heteroatoms. The number of hydrogen-bond donors (Lipinski definition) is 2. The summed E-state index contributed by atoms with van der Waals surface area (Å²) in [6.45, 7) is -0.254. The van der Waals surface area contributed by atoms with Crippen LogP contribution in [-0.2, 0) is 16.4 Å². The van der Waals surface area contributed by atoms with Gasteiger partial charge in [-0.2, -0.15) is 0 Å². The van der Waals surface area contributed by atoms with Crippen molar-refractivity contribution in [1.29, 1.82) is 0 Å². The number of sulfone groups is 1. The number of amides is 1. The van der Waals surface area contributed by atoms with Gasteiger partial charge >= 0.3 is 0 Å². The molecule has 0 radical (unpaired) electrons. The Morgan fingerprint density at radius 2 is 2.08 bits per heavy atom. The van der Waals surface area contributed by atoms with E-state index in [1.54, 1.807) is 0 Å². The zero-order valence-electron chi connectivity index (χ0n) is 13.7. The zero-order chi connectivity index (χ0) is 19.2. The summed E-state index contributed by atoms with van der Waals surface area (Å²) >= 11 is 0. The molecule has 138 valence electrons. The van der Waals surface area contributed by atoms with Crippen LogP contribution in [-0.4, -0.2) is 43.1 Å². The van der Waals surface area contributed by atoms with E-state index in [0.29, 0.717) is 12.0 Å². The van der Waals surface area contributed by atoms with Crippen LogP contribution in [0.2, 0.25) is 0 Å². The summed E-state index contributed by atoms with van der Waals surface area (Å²) in [7, 11) is -3.34. The molecule has 0 saturated carbocycles. The topological polar surface area (TPSA) is 181 Å².